The maximum absolute atomic E-state index is 9.21. The number of phenols is 1. The van der Waals surface area contributed by atoms with Crippen LogP contribution in [0.3, 0.4) is 0 Å². The minimum atomic E-state index is -0.239. The first-order valence-corrected chi connectivity index (χ1v) is 4.20. The van der Waals surface area contributed by atoms with Gasteiger partial charge in [0.15, 0.2) is 11.5 Å². The van der Waals surface area contributed by atoms with Gasteiger partial charge in [0.25, 0.3) is 0 Å². The average molecular weight is 180 g/mol. The Kier molecular flexibility index (Phi) is 1.46. The summed E-state index contributed by atoms with van der Waals surface area (Å²) in [6, 6.07) is 3.29. The third kappa shape index (κ3) is 1.54. The molecule has 0 unspecified atom stereocenters. The number of aromatic hydroxyl groups is 1. The predicted octanol–water partition coefficient (Wildman–Crippen LogP) is 2.68. The smallest absolute Gasteiger partial charge is 0.216 e. The molecule has 1 aromatic carbocycles. The Balaban J connectivity index is 2.26. The van der Waals surface area contributed by atoms with Gasteiger partial charge in [0.2, 0.25) is 11.5 Å². The maximum Gasteiger partial charge on any atom is 0.216 e. The van der Waals surface area contributed by atoms with Crippen LogP contribution in [-0.2, 0) is 0 Å². The summed E-state index contributed by atoms with van der Waals surface area (Å²) in [6.07, 6.45) is 0. The van der Waals surface area contributed by atoms with E-state index in [0.717, 1.165) is 0 Å². The zero-order chi connectivity index (χ0) is 9.64. The van der Waals surface area contributed by atoms with Crippen molar-refractivity contribution < 1.29 is 14.6 Å². The SMILES string of the molecule is CC(C)(C)Oc1ccc(O)c2c1O2. The lowest BCUT2D eigenvalue weighted by molar-refractivity contribution is 0.130. The summed E-state index contributed by atoms with van der Waals surface area (Å²) in [5.41, 5.74) is -0.239. The van der Waals surface area contributed by atoms with Gasteiger partial charge in [-0.05, 0) is 32.9 Å². The molecule has 13 heavy (non-hydrogen) atoms. The first-order chi connectivity index (χ1) is 5.97. The number of fused-ring (bicyclic) bond motifs is 1. The van der Waals surface area contributed by atoms with Gasteiger partial charge in [0.1, 0.15) is 5.60 Å². The second kappa shape index (κ2) is 2.31. The lowest BCUT2D eigenvalue weighted by Crippen LogP contribution is -2.22. The lowest BCUT2D eigenvalue weighted by Gasteiger charge is -2.20. The van der Waals surface area contributed by atoms with E-state index in [1.54, 1.807) is 12.1 Å². The van der Waals surface area contributed by atoms with Crippen molar-refractivity contribution >= 4 is 0 Å². The van der Waals surface area contributed by atoms with E-state index in [1.807, 2.05) is 20.8 Å². The summed E-state index contributed by atoms with van der Waals surface area (Å²) in [4.78, 5) is 0. The Labute approximate surface area is 76.9 Å². The first-order valence-electron chi connectivity index (χ1n) is 4.20. The molecule has 3 heteroatoms. The van der Waals surface area contributed by atoms with E-state index in [-0.39, 0.29) is 11.4 Å². The Morgan fingerprint density at radius 2 is 1.92 bits per heavy atom. The van der Waals surface area contributed by atoms with Crippen LogP contribution < -0.4 is 9.47 Å². The average Bonchev–Trinajstić information content (AvgIpc) is 2.71. The normalized spacial score (nSPS) is 13.2. The molecule has 0 saturated heterocycles. The van der Waals surface area contributed by atoms with Gasteiger partial charge in [-0.2, -0.15) is 0 Å². The molecule has 1 aromatic rings. The van der Waals surface area contributed by atoms with Gasteiger partial charge in [-0.3, -0.25) is 0 Å². The van der Waals surface area contributed by atoms with Crippen LogP contribution in [0, 0.1) is 0 Å². The fraction of sp³-hybridized carbons (Fsp3) is 0.400. The number of hydrogen-bond donors (Lipinski definition) is 1. The molecule has 0 spiro atoms. The molecule has 70 valence electrons. The predicted molar refractivity (Wildman–Crippen MR) is 48.6 cm³/mol. The molecule has 1 N–H and O–H groups in total. The summed E-state index contributed by atoms with van der Waals surface area (Å²) in [5.74, 6) is 2.08. The Hall–Kier alpha value is -1.38. The fourth-order valence-electron chi connectivity index (χ4n) is 1.12. The third-order valence-electron chi connectivity index (χ3n) is 1.63. The topological polar surface area (TPSA) is 42.0 Å². The van der Waals surface area contributed by atoms with Crippen molar-refractivity contribution in [1.29, 1.82) is 0 Å². The van der Waals surface area contributed by atoms with Crippen molar-refractivity contribution in [3.63, 3.8) is 0 Å². The minimum absolute atomic E-state index is 0.177. The quantitative estimate of drug-likeness (QED) is 0.686. The molecule has 3 nitrogen and oxygen atoms in total. The van der Waals surface area contributed by atoms with Gasteiger partial charge in [-0.1, -0.05) is 0 Å². The summed E-state index contributed by atoms with van der Waals surface area (Å²) in [6.45, 7) is 5.90. The molecule has 1 heterocycles. The van der Waals surface area contributed by atoms with Gasteiger partial charge in [0.05, 0.1) is 0 Å². The molecule has 0 aromatic heterocycles. The van der Waals surface area contributed by atoms with E-state index < -0.39 is 0 Å². The van der Waals surface area contributed by atoms with E-state index in [1.165, 1.54) is 0 Å². The molecule has 0 saturated carbocycles. The highest BCUT2D eigenvalue weighted by Crippen LogP contribution is 2.58. The molecule has 0 radical (unpaired) electrons. The standard InChI is InChI=1S/C10H12O3/c1-10(2,3)13-7-5-4-6(11)8-9(7)12-8/h4-5,11H,1-3H3. The van der Waals surface area contributed by atoms with E-state index >= 15 is 0 Å². The first kappa shape index (κ1) is 8.23. The van der Waals surface area contributed by atoms with Crippen molar-refractivity contribution in [3.05, 3.63) is 12.1 Å². The summed E-state index contributed by atoms with van der Waals surface area (Å²) >= 11 is 0. The van der Waals surface area contributed by atoms with Gasteiger partial charge in [-0.15, -0.1) is 0 Å². The lowest BCUT2D eigenvalue weighted by atomic mass is 10.2. The van der Waals surface area contributed by atoms with E-state index in [4.69, 9.17) is 9.47 Å². The molecular weight excluding hydrogens is 168 g/mol. The third-order valence-corrected chi connectivity index (χ3v) is 1.63. The number of rotatable bonds is 1. The molecule has 0 atom stereocenters. The number of hydrogen-bond acceptors (Lipinski definition) is 3. The van der Waals surface area contributed by atoms with Crippen LogP contribution in [0.5, 0.6) is 23.0 Å². The van der Waals surface area contributed by atoms with Crippen molar-refractivity contribution in [2.75, 3.05) is 0 Å². The summed E-state index contributed by atoms with van der Waals surface area (Å²) in [7, 11) is 0. The molecule has 0 amide bonds. The van der Waals surface area contributed by atoms with Crippen LogP contribution >= 0.6 is 0 Å². The van der Waals surface area contributed by atoms with Crippen molar-refractivity contribution in [1.82, 2.24) is 0 Å². The minimum Gasteiger partial charge on any atom is -0.504 e. The zero-order valence-electron chi connectivity index (χ0n) is 7.92. The van der Waals surface area contributed by atoms with Gasteiger partial charge in [0, 0.05) is 0 Å². The van der Waals surface area contributed by atoms with Crippen LogP contribution in [0.1, 0.15) is 20.8 Å². The Bertz CT molecular complexity index is 350. The molecule has 0 bridgehead atoms. The van der Waals surface area contributed by atoms with E-state index in [9.17, 15) is 5.11 Å². The molecular formula is C10H12O3. The highest BCUT2D eigenvalue weighted by atomic mass is 16.6. The highest BCUT2D eigenvalue weighted by Gasteiger charge is 2.31. The molecule has 1 aliphatic heterocycles. The van der Waals surface area contributed by atoms with Crippen molar-refractivity contribution in [2.24, 2.45) is 0 Å². The van der Waals surface area contributed by atoms with Crippen molar-refractivity contribution in [3.8, 4) is 23.0 Å². The Morgan fingerprint density at radius 1 is 1.23 bits per heavy atom. The van der Waals surface area contributed by atoms with Gasteiger partial charge < -0.3 is 14.6 Å². The van der Waals surface area contributed by atoms with Crippen LogP contribution in [0.15, 0.2) is 12.1 Å². The van der Waals surface area contributed by atoms with E-state index in [0.29, 0.717) is 17.2 Å². The second-order valence-corrected chi connectivity index (χ2v) is 4.06. The van der Waals surface area contributed by atoms with Crippen LogP contribution in [0.4, 0.5) is 0 Å². The Morgan fingerprint density at radius 3 is 2.54 bits per heavy atom. The molecule has 1 aliphatic rings. The van der Waals surface area contributed by atoms with E-state index in [2.05, 4.69) is 0 Å². The van der Waals surface area contributed by atoms with Crippen LogP contribution in [0.2, 0.25) is 0 Å². The van der Waals surface area contributed by atoms with Crippen molar-refractivity contribution in [2.45, 2.75) is 26.4 Å². The molecule has 0 fully saturated rings. The number of phenolic OH excluding ortho intramolecular Hbond substituents is 1. The van der Waals surface area contributed by atoms with Gasteiger partial charge in [-0.25, -0.2) is 0 Å². The second-order valence-electron chi connectivity index (χ2n) is 4.06. The van der Waals surface area contributed by atoms with Crippen LogP contribution in [0.25, 0.3) is 0 Å². The largest absolute Gasteiger partial charge is 0.504 e. The fourth-order valence-corrected chi connectivity index (χ4v) is 1.12. The number of ether oxygens (including phenoxy) is 2. The number of benzene rings is 1. The maximum atomic E-state index is 9.21. The monoisotopic (exact) mass is 180 g/mol. The van der Waals surface area contributed by atoms with Crippen LogP contribution in [-0.4, -0.2) is 10.7 Å². The summed E-state index contributed by atoms with van der Waals surface area (Å²) in [5, 5.41) is 9.21. The summed E-state index contributed by atoms with van der Waals surface area (Å²) < 4.78 is 10.7. The zero-order valence-corrected chi connectivity index (χ0v) is 7.92. The highest BCUT2D eigenvalue weighted by molar-refractivity contribution is 5.69. The molecule has 2 rings (SSSR count). The molecule has 0 aliphatic carbocycles. The van der Waals surface area contributed by atoms with Gasteiger partial charge >= 0.3 is 0 Å².